The van der Waals surface area contributed by atoms with E-state index in [1.54, 1.807) is 16.4 Å². The van der Waals surface area contributed by atoms with Gasteiger partial charge in [-0.05, 0) is 42.2 Å². The molecule has 124 valence electrons. The summed E-state index contributed by atoms with van der Waals surface area (Å²) < 4.78 is 27.9. The number of hydrogen-bond acceptors (Lipinski definition) is 2. The molecule has 0 N–H and O–H groups in total. The molecule has 24 heavy (non-hydrogen) atoms. The van der Waals surface area contributed by atoms with E-state index in [1.807, 2.05) is 49.4 Å². The molecule has 1 atom stereocenters. The first-order valence-corrected chi connectivity index (χ1v) is 9.33. The maximum absolute atomic E-state index is 13.2. The quantitative estimate of drug-likeness (QED) is 0.823. The first-order valence-electron chi connectivity index (χ1n) is 7.89. The third-order valence-corrected chi connectivity index (χ3v) is 6.32. The summed E-state index contributed by atoms with van der Waals surface area (Å²) in [6, 6.07) is 16.4. The smallest absolute Gasteiger partial charge is 0.207 e. The fourth-order valence-electron chi connectivity index (χ4n) is 2.84. The molecule has 0 aromatic heterocycles. The van der Waals surface area contributed by atoms with Gasteiger partial charge < -0.3 is 0 Å². The largest absolute Gasteiger partial charge is 0.243 e. The summed E-state index contributed by atoms with van der Waals surface area (Å²) in [5.41, 5.74) is 3.72. The molecular weight excluding hydrogens is 318 g/mol. The first kappa shape index (κ1) is 16.7. The third-order valence-electron chi connectivity index (χ3n) is 4.45. The zero-order chi connectivity index (χ0) is 17.3. The van der Waals surface area contributed by atoms with E-state index in [-0.39, 0.29) is 6.04 Å². The van der Waals surface area contributed by atoms with Crippen LogP contribution in [-0.4, -0.2) is 18.8 Å². The van der Waals surface area contributed by atoms with Gasteiger partial charge in [-0.2, -0.15) is 4.31 Å². The monoisotopic (exact) mass is 339 g/mol. The van der Waals surface area contributed by atoms with Crippen LogP contribution in [0.4, 0.5) is 0 Å². The van der Waals surface area contributed by atoms with Crippen molar-refractivity contribution in [2.45, 2.75) is 30.8 Å². The second-order valence-electron chi connectivity index (χ2n) is 6.20. The number of benzene rings is 2. The second-order valence-corrected chi connectivity index (χ2v) is 8.09. The maximum atomic E-state index is 13.2. The van der Waals surface area contributed by atoms with E-state index in [0.717, 1.165) is 22.3 Å². The first-order chi connectivity index (χ1) is 11.4. The molecule has 0 saturated heterocycles. The molecule has 1 fully saturated rings. The normalized spacial score (nSPS) is 17.8. The van der Waals surface area contributed by atoms with Gasteiger partial charge >= 0.3 is 0 Å². The molecule has 0 radical (unpaired) electrons. The Morgan fingerprint density at radius 2 is 1.67 bits per heavy atom. The SMILES string of the molecule is C=C1C[C@@H](N(Cc2ccccc2)S(=O)(=O)c2ccc(C)cc2)C1=C. The molecule has 0 bridgehead atoms. The zero-order valence-corrected chi connectivity index (χ0v) is 14.6. The molecule has 1 aliphatic rings. The minimum absolute atomic E-state index is 0.219. The number of hydrogen-bond donors (Lipinski definition) is 0. The lowest BCUT2D eigenvalue weighted by molar-refractivity contribution is 0.317. The van der Waals surface area contributed by atoms with Gasteiger partial charge in [0, 0.05) is 6.54 Å². The second kappa shape index (κ2) is 6.38. The van der Waals surface area contributed by atoms with E-state index in [4.69, 9.17) is 0 Å². The summed E-state index contributed by atoms with van der Waals surface area (Å²) in [4.78, 5) is 0.314. The van der Waals surface area contributed by atoms with Gasteiger partial charge in [0.15, 0.2) is 0 Å². The minimum Gasteiger partial charge on any atom is -0.207 e. The highest BCUT2D eigenvalue weighted by Crippen LogP contribution is 2.38. The molecule has 0 amide bonds. The van der Waals surface area contributed by atoms with Crippen molar-refractivity contribution in [2.24, 2.45) is 0 Å². The van der Waals surface area contributed by atoms with Crippen molar-refractivity contribution in [2.75, 3.05) is 0 Å². The van der Waals surface area contributed by atoms with Crippen LogP contribution in [0.3, 0.4) is 0 Å². The van der Waals surface area contributed by atoms with Crippen LogP contribution in [0.25, 0.3) is 0 Å². The van der Waals surface area contributed by atoms with Crippen molar-refractivity contribution in [3.05, 3.63) is 90.0 Å². The fraction of sp³-hybridized carbons (Fsp3) is 0.200. The lowest BCUT2D eigenvalue weighted by Gasteiger charge is -2.40. The van der Waals surface area contributed by atoms with Crippen LogP contribution in [-0.2, 0) is 16.6 Å². The average Bonchev–Trinajstić information content (AvgIpc) is 2.59. The maximum Gasteiger partial charge on any atom is 0.243 e. The summed E-state index contributed by atoms with van der Waals surface area (Å²) in [7, 11) is -3.60. The van der Waals surface area contributed by atoms with E-state index in [2.05, 4.69) is 13.2 Å². The molecule has 1 saturated carbocycles. The van der Waals surface area contributed by atoms with Crippen molar-refractivity contribution in [1.29, 1.82) is 0 Å². The summed E-state index contributed by atoms with van der Waals surface area (Å²) >= 11 is 0. The van der Waals surface area contributed by atoms with E-state index < -0.39 is 10.0 Å². The van der Waals surface area contributed by atoms with Gasteiger partial charge in [-0.15, -0.1) is 0 Å². The number of aryl methyl sites for hydroxylation is 1. The van der Waals surface area contributed by atoms with Crippen molar-refractivity contribution in [3.63, 3.8) is 0 Å². The molecule has 3 nitrogen and oxygen atoms in total. The highest BCUT2D eigenvalue weighted by molar-refractivity contribution is 7.89. The minimum atomic E-state index is -3.60. The van der Waals surface area contributed by atoms with Gasteiger partial charge in [0.2, 0.25) is 10.0 Å². The van der Waals surface area contributed by atoms with Crippen LogP contribution < -0.4 is 0 Å². The number of sulfonamides is 1. The molecule has 0 heterocycles. The van der Waals surface area contributed by atoms with Crippen molar-refractivity contribution in [3.8, 4) is 0 Å². The molecule has 2 aromatic rings. The standard InChI is InChI=1S/C20H21NO2S/c1-15-9-11-19(12-10-15)24(22,23)21(20-13-16(2)17(20)3)14-18-7-5-4-6-8-18/h4-12,20H,2-3,13-14H2,1H3/t20-/m1/s1. The van der Waals surface area contributed by atoms with Gasteiger partial charge in [0.1, 0.15) is 0 Å². The van der Waals surface area contributed by atoms with Gasteiger partial charge in [-0.25, -0.2) is 8.42 Å². The van der Waals surface area contributed by atoms with Crippen LogP contribution in [0, 0.1) is 6.92 Å². The van der Waals surface area contributed by atoms with Crippen LogP contribution >= 0.6 is 0 Å². The highest BCUT2D eigenvalue weighted by atomic mass is 32.2. The lowest BCUT2D eigenvalue weighted by atomic mass is 9.82. The van der Waals surface area contributed by atoms with Gasteiger partial charge in [0.25, 0.3) is 0 Å². The Labute approximate surface area is 144 Å². The topological polar surface area (TPSA) is 37.4 Å². The lowest BCUT2D eigenvalue weighted by Crippen LogP contribution is -2.45. The number of rotatable bonds is 5. The van der Waals surface area contributed by atoms with Crippen LogP contribution in [0.5, 0.6) is 0 Å². The van der Waals surface area contributed by atoms with Crippen molar-refractivity contribution >= 4 is 10.0 Å². The summed E-state index contributed by atoms with van der Waals surface area (Å²) in [6.07, 6.45) is 0.636. The predicted molar refractivity (Wildman–Crippen MR) is 97.0 cm³/mol. The summed E-state index contributed by atoms with van der Waals surface area (Å²) in [6.45, 7) is 10.2. The predicted octanol–water partition coefficient (Wildman–Crippen LogP) is 4.07. The Bertz CT molecular complexity index is 868. The van der Waals surface area contributed by atoms with Gasteiger partial charge in [0.05, 0.1) is 10.9 Å². The molecule has 1 aliphatic carbocycles. The van der Waals surface area contributed by atoms with Crippen molar-refractivity contribution in [1.82, 2.24) is 4.31 Å². The van der Waals surface area contributed by atoms with E-state index in [1.165, 1.54) is 0 Å². The number of nitrogens with zero attached hydrogens (tertiary/aromatic N) is 1. The van der Waals surface area contributed by atoms with E-state index >= 15 is 0 Å². The molecule has 4 heteroatoms. The van der Waals surface area contributed by atoms with E-state index in [0.29, 0.717) is 17.9 Å². The Balaban J connectivity index is 1.98. The molecular formula is C20H21NO2S. The van der Waals surface area contributed by atoms with Crippen molar-refractivity contribution < 1.29 is 8.42 Å². The average molecular weight is 339 g/mol. The third kappa shape index (κ3) is 3.07. The summed E-state index contributed by atoms with van der Waals surface area (Å²) in [5.74, 6) is 0. The Kier molecular flexibility index (Phi) is 4.43. The molecule has 0 spiro atoms. The van der Waals surface area contributed by atoms with E-state index in [9.17, 15) is 8.42 Å². The highest BCUT2D eigenvalue weighted by Gasteiger charge is 2.39. The molecule has 3 rings (SSSR count). The zero-order valence-electron chi connectivity index (χ0n) is 13.8. The molecule has 2 aromatic carbocycles. The molecule has 0 unspecified atom stereocenters. The van der Waals surface area contributed by atoms with Gasteiger partial charge in [-0.1, -0.05) is 61.2 Å². The molecule has 0 aliphatic heterocycles. The van der Waals surface area contributed by atoms with Crippen LogP contribution in [0.2, 0.25) is 0 Å². The Morgan fingerprint density at radius 3 is 2.21 bits per heavy atom. The summed E-state index contributed by atoms with van der Waals surface area (Å²) in [5, 5.41) is 0. The Hall–Kier alpha value is -2.17. The van der Waals surface area contributed by atoms with Gasteiger partial charge in [-0.3, -0.25) is 0 Å². The fourth-order valence-corrected chi connectivity index (χ4v) is 4.45. The van der Waals surface area contributed by atoms with Crippen LogP contribution in [0.1, 0.15) is 17.5 Å². The Morgan fingerprint density at radius 1 is 1.04 bits per heavy atom. The van der Waals surface area contributed by atoms with Crippen LogP contribution in [0.15, 0.2) is 83.8 Å².